The van der Waals surface area contributed by atoms with Gasteiger partial charge in [-0.05, 0) is 44.1 Å². The van der Waals surface area contributed by atoms with Gasteiger partial charge in [-0.15, -0.1) is 0 Å². The van der Waals surface area contributed by atoms with Crippen molar-refractivity contribution in [1.82, 2.24) is 4.90 Å². The van der Waals surface area contributed by atoms with Gasteiger partial charge in [0, 0.05) is 18.3 Å². The molecule has 3 heteroatoms. The fourth-order valence-electron chi connectivity index (χ4n) is 2.37. The summed E-state index contributed by atoms with van der Waals surface area (Å²) in [5.41, 5.74) is 2.10. The first-order valence-corrected chi connectivity index (χ1v) is 6.43. The van der Waals surface area contributed by atoms with Gasteiger partial charge in [-0.25, -0.2) is 0 Å². The molecule has 0 saturated carbocycles. The SMILES string of the molecule is CN1CCCCC1CNc1ccc(CO)cc1. The number of benzene rings is 1. The molecule has 1 aromatic carbocycles. The van der Waals surface area contributed by atoms with E-state index in [4.69, 9.17) is 5.11 Å². The summed E-state index contributed by atoms with van der Waals surface area (Å²) in [6.45, 7) is 2.34. The zero-order chi connectivity index (χ0) is 12.1. The van der Waals surface area contributed by atoms with E-state index < -0.39 is 0 Å². The Labute approximate surface area is 103 Å². The fourth-order valence-corrected chi connectivity index (χ4v) is 2.37. The van der Waals surface area contributed by atoms with Gasteiger partial charge in [-0.2, -0.15) is 0 Å². The van der Waals surface area contributed by atoms with Crippen molar-refractivity contribution in [3.63, 3.8) is 0 Å². The Morgan fingerprint density at radius 2 is 2.06 bits per heavy atom. The second-order valence-corrected chi connectivity index (χ2v) is 4.87. The summed E-state index contributed by atoms with van der Waals surface area (Å²) in [6, 6.07) is 8.66. The molecule has 0 aliphatic carbocycles. The van der Waals surface area contributed by atoms with Crippen molar-refractivity contribution >= 4 is 5.69 Å². The topological polar surface area (TPSA) is 35.5 Å². The summed E-state index contributed by atoms with van der Waals surface area (Å²) in [6.07, 6.45) is 3.97. The molecule has 94 valence electrons. The lowest BCUT2D eigenvalue weighted by Crippen LogP contribution is -2.40. The molecule has 0 bridgehead atoms. The molecule has 1 aliphatic heterocycles. The van der Waals surface area contributed by atoms with Gasteiger partial charge in [-0.1, -0.05) is 18.6 Å². The van der Waals surface area contributed by atoms with E-state index in [1.54, 1.807) is 0 Å². The van der Waals surface area contributed by atoms with Gasteiger partial charge in [0.1, 0.15) is 0 Å². The minimum atomic E-state index is 0.117. The first-order chi connectivity index (χ1) is 8.29. The average Bonchev–Trinajstić information content (AvgIpc) is 2.38. The monoisotopic (exact) mass is 234 g/mol. The van der Waals surface area contributed by atoms with Crippen LogP contribution < -0.4 is 5.32 Å². The van der Waals surface area contributed by atoms with Crippen molar-refractivity contribution < 1.29 is 5.11 Å². The van der Waals surface area contributed by atoms with Crippen LogP contribution in [0.2, 0.25) is 0 Å². The number of aliphatic hydroxyl groups excluding tert-OH is 1. The molecule has 2 N–H and O–H groups in total. The molecule has 1 aliphatic rings. The van der Waals surface area contributed by atoms with Crippen molar-refractivity contribution in [3.8, 4) is 0 Å². The predicted molar refractivity (Wildman–Crippen MR) is 71.1 cm³/mol. The van der Waals surface area contributed by atoms with Crippen LogP contribution in [0.3, 0.4) is 0 Å². The molecule has 1 aromatic rings. The summed E-state index contributed by atoms with van der Waals surface area (Å²) in [4.78, 5) is 2.44. The minimum absolute atomic E-state index is 0.117. The highest BCUT2D eigenvalue weighted by Crippen LogP contribution is 2.16. The summed E-state index contributed by atoms with van der Waals surface area (Å²) in [5.74, 6) is 0. The van der Waals surface area contributed by atoms with Crippen LogP contribution in [0.5, 0.6) is 0 Å². The Kier molecular flexibility index (Phi) is 4.40. The summed E-state index contributed by atoms with van der Waals surface area (Å²) in [7, 11) is 2.21. The molecule has 0 aromatic heterocycles. The lowest BCUT2D eigenvalue weighted by atomic mass is 10.0. The first kappa shape index (κ1) is 12.4. The van der Waals surface area contributed by atoms with Crippen molar-refractivity contribution in [2.75, 3.05) is 25.5 Å². The highest BCUT2D eigenvalue weighted by atomic mass is 16.3. The number of piperidine rings is 1. The average molecular weight is 234 g/mol. The van der Waals surface area contributed by atoms with Gasteiger partial charge < -0.3 is 15.3 Å². The third-order valence-electron chi connectivity index (χ3n) is 3.60. The maximum absolute atomic E-state index is 8.97. The van der Waals surface area contributed by atoms with E-state index >= 15 is 0 Å². The lowest BCUT2D eigenvalue weighted by molar-refractivity contribution is 0.194. The number of hydrogen-bond acceptors (Lipinski definition) is 3. The van der Waals surface area contributed by atoms with E-state index in [1.807, 2.05) is 24.3 Å². The Balaban J connectivity index is 1.84. The predicted octanol–water partition coefficient (Wildman–Crippen LogP) is 2.08. The highest BCUT2D eigenvalue weighted by Gasteiger charge is 2.17. The zero-order valence-electron chi connectivity index (χ0n) is 10.5. The summed E-state index contributed by atoms with van der Waals surface area (Å²) >= 11 is 0. The van der Waals surface area contributed by atoms with Crippen molar-refractivity contribution in [2.45, 2.75) is 31.9 Å². The van der Waals surface area contributed by atoms with E-state index in [0.29, 0.717) is 6.04 Å². The van der Waals surface area contributed by atoms with E-state index in [-0.39, 0.29) is 6.61 Å². The van der Waals surface area contributed by atoms with Gasteiger partial charge in [0.25, 0.3) is 0 Å². The maximum Gasteiger partial charge on any atom is 0.0681 e. The molecule has 0 amide bonds. The van der Waals surface area contributed by atoms with Crippen molar-refractivity contribution in [3.05, 3.63) is 29.8 Å². The quantitative estimate of drug-likeness (QED) is 0.837. The maximum atomic E-state index is 8.97. The van der Waals surface area contributed by atoms with E-state index in [1.165, 1.54) is 25.8 Å². The Bertz CT molecular complexity index is 337. The molecular formula is C14H22N2O. The number of nitrogens with one attached hydrogen (secondary N) is 1. The molecule has 3 nitrogen and oxygen atoms in total. The van der Waals surface area contributed by atoms with Crippen LogP contribution >= 0.6 is 0 Å². The third kappa shape index (κ3) is 3.45. The zero-order valence-corrected chi connectivity index (χ0v) is 10.5. The van der Waals surface area contributed by atoms with Crippen LogP contribution in [0.4, 0.5) is 5.69 Å². The normalized spacial score (nSPS) is 21.4. The number of hydrogen-bond donors (Lipinski definition) is 2. The summed E-state index contributed by atoms with van der Waals surface area (Å²) in [5, 5.41) is 12.4. The number of aliphatic hydroxyl groups is 1. The third-order valence-corrected chi connectivity index (χ3v) is 3.60. The number of anilines is 1. The number of likely N-dealkylation sites (N-methyl/N-ethyl adjacent to an activating group) is 1. The van der Waals surface area contributed by atoms with Gasteiger partial charge in [0.15, 0.2) is 0 Å². The smallest absolute Gasteiger partial charge is 0.0681 e. The van der Waals surface area contributed by atoms with E-state index in [9.17, 15) is 0 Å². The molecule has 0 spiro atoms. The number of rotatable bonds is 4. The highest BCUT2D eigenvalue weighted by molar-refractivity contribution is 5.44. The largest absolute Gasteiger partial charge is 0.392 e. The molecule has 1 heterocycles. The van der Waals surface area contributed by atoms with Crippen molar-refractivity contribution in [2.24, 2.45) is 0 Å². The van der Waals surface area contributed by atoms with Crippen LogP contribution in [0.15, 0.2) is 24.3 Å². The van der Waals surface area contributed by atoms with Crippen LogP contribution in [-0.2, 0) is 6.61 Å². The Hall–Kier alpha value is -1.06. The van der Waals surface area contributed by atoms with Gasteiger partial charge in [0.2, 0.25) is 0 Å². The van der Waals surface area contributed by atoms with Crippen LogP contribution in [0.1, 0.15) is 24.8 Å². The van der Waals surface area contributed by atoms with E-state index in [2.05, 4.69) is 17.3 Å². The molecule has 2 rings (SSSR count). The second-order valence-electron chi connectivity index (χ2n) is 4.87. The van der Waals surface area contributed by atoms with Crippen molar-refractivity contribution in [1.29, 1.82) is 0 Å². The molecule has 1 fully saturated rings. The van der Waals surface area contributed by atoms with Gasteiger partial charge in [0.05, 0.1) is 6.61 Å². The molecule has 1 saturated heterocycles. The van der Waals surface area contributed by atoms with Crippen LogP contribution in [-0.4, -0.2) is 36.2 Å². The molecule has 1 unspecified atom stereocenters. The Morgan fingerprint density at radius 3 is 2.71 bits per heavy atom. The van der Waals surface area contributed by atoms with Crippen LogP contribution in [0, 0.1) is 0 Å². The fraction of sp³-hybridized carbons (Fsp3) is 0.571. The number of likely N-dealkylation sites (tertiary alicyclic amines) is 1. The summed E-state index contributed by atoms with van der Waals surface area (Å²) < 4.78 is 0. The molecular weight excluding hydrogens is 212 g/mol. The lowest BCUT2D eigenvalue weighted by Gasteiger charge is -2.32. The van der Waals surface area contributed by atoms with Gasteiger partial charge in [-0.3, -0.25) is 0 Å². The first-order valence-electron chi connectivity index (χ1n) is 6.43. The molecule has 1 atom stereocenters. The van der Waals surface area contributed by atoms with E-state index in [0.717, 1.165) is 17.8 Å². The minimum Gasteiger partial charge on any atom is -0.392 e. The van der Waals surface area contributed by atoms with Gasteiger partial charge >= 0.3 is 0 Å². The van der Waals surface area contributed by atoms with Crippen LogP contribution in [0.25, 0.3) is 0 Å². The molecule has 0 radical (unpaired) electrons. The standard InChI is InChI=1S/C14H22N2O/c1-16-9-3-2-4-14(16)10-15-13-7-5-12(11-17)6-8-13/h5-8,14-15,17H,2-4,9-11H2,1H3. The Morgan fingerprint density at radius 1 is 1.29 bits per heavy atom. The molecule has 17 heavy (non-hydrogen) atoms. The number of nitrogens with zero attached hydrogens (tertiary/aromatic N) is 1. The second kappa shape index (κ2) is 6.03.